The minimum Gasteiger partial charge on any atom is -0.370 e. The molecule has 3 aliphatic heterocycles. The molecule has 2 aromatic rings. The summed E-state index contributed by atoms with van der Waals surface area (Å²) in [5.41, 5.74) is 5.82. The summed E-state index contributed by atoms with van der Waals surface area (Å²) in [6.07, 6.45) is 2.80. The number of aromatic nitrogens is 2. The third kappa shape index (κ3) is 5.70. The number of hydrogen-bond donors (Lipinski definition) is 4. The molecule has 5 rings (SSSR count). The number of nitrogens with one attached hydrogen (secondary N) is 3. The summed E-state index contributed by atoms with van der Waals surface area (Å²) in [4.78, 5) is 47.3. The van der Waals surface area contributed by atoms with Gasteiger partial charge in [-0.05, 0) is 30.6 Å². The van der Waals surface area contributed by atoms with Gasteiger partial charge in [0, 0.05) is 26.1 Å². The van der Waals surface area contributed by atoms with Gasteiger partial charge in [0.15, 0.2) is 27.0 Å². The number of hydrogen-bond acceptors (Lipinski definition) is 11. The van der Waals surface area contributed by atoms with E-state index in [0.29, 0.717) is 43.0 Å². The lowest BCUT2D eigenvalue weighted by Gasteiger charge is -2.23. The molecule has 0 saturated heterocycles. The molecule has 40 heavy (non-hydrogen) atoms. The first-order valence-electron chi connectivity index (χ1n) is 12.9. The van der Waals surface area contributed by atoms with Crippen molar-refractivity contribution in [3.8, 4) is 11.1 Å². The van der Waals surface area contributed by atoms with Crippen LogP contribution in [0.3, 0.4) is 0 Å². The number of nitrogens with two attached hydrogens (primary N) is 1. The molecule has 0 bridgehead atoms. The standard InChI is InChI=1S/C25H30N8O5S2/c26-24-30-20-19(28-15-29-20)21(31-24)39-13-4-9-17(34)27-10-5-11-32-22(35)18(16-7-2-1-3-8-16)23-33(25(32)36)12-6-14-40(23,37)38/h1-3,7-8,15,20H,4-6,9-14H2,(H,27,34)(H,28,29)(H3,26,30,31). The molecular weight excluding hydrogens is 556 g/mol. The van der Waals surface area contributed by atoms with Crippen LogP contribution in [0.2, 0.25) is 0 Å². The van der Waals surface area contributed by atoms with Gasteiger partial charge >= 0.3 is 5.69 Å². The van der Waals surface area contributed by atoms with Crippen LogP contribution >= 0.6 is 11.8 Å². The lowest BCUT2D eigenvalue weighted by Crippen LogP contribution is -2.45. The normalized spacial score (nSPS) is 18.8. The number of amides is 1. The third-order valence-electron chi connectivity index (χ3n) is 6.65. The Morgan fingerprint density at radius 2 is 2.00 bits per heavy atom. The highest BCUT2D eigenvalue weighted by atomic mass is 32.2. The summed E-state index contributed by atoms with van der Waals surface area (Å²) >= 11 is 1.53. The van der Waals surface area contributed by atoms with Crippen molar-refractivity contribution in [3.05, 3.63) is 61.9 Å². The van der Waals surface area contributed by atoms with Crippen LogP contribution in [0.4, 0.5) is 0 Å². The fourth-order valence-electron chi connectivity index (χ4n) is 4.79. The van der Waals surface area contributed by atoms with Crippen LogP contribution in [-0.2, 0) is 27.7 Å². The molecule has 0 saturated carbocycles. The van der Waals surface area contributed by atoms with Gasteiger partial charge in [-0.2, -0.15) is 0 Å². The highest BCUT2D eigenvalue weighted by molar-refractivity contribution is 8.03. The number of thioether (sulfide) groups is 1. The first kappa shape index (κ1) is 27.7. The van der Waals surface area contributed by atoms with Crippen molar-refractivity contribution in [1.29, 1.82) is 0 Å². The number of carbonyl (C=O) groups excluding carboxylic acids is 1. The van der Waals surface area contributed by atoms with Crippen molar-refractivity contribution < 1.29 is 13.2 Å². The maximum absolute atomic E-state index is 13.4. The highest BCUT2D eigenvalue weighted by Gasteiger charge is 2.32. The highest BCUT2D eigenvalue weighted by Crippen LogP contribution is 2.27. The Kier molecular flexibility index (Phi) is 8.12. The predicted octanol–water partition coefficient (Wildman–Crippen LogP) is -0.0813. The lowest BCUT2D eigenvalue weighted by atomic mass is 10.1. The molecular formula is C25H30N8O5S2. The minimum atomic E-state index is -3.78. The molecule has 1 amide bonds. The predicted molar refractivity (Wildman–Crippen MR) is 154 cm³/mol. The minimum absolute atomic E-state index is 0.0173. The van der Waals surface area contributed by atoms with Gasteiger partial charge in [0.05, 0.1) is 28.4 Å². The van der Waals surface area contributed by atoms with E-state index in [4.69, 9.17) is 5.73 Å². The second-order valence-corrected chi connectivity index (χ2v) is 12.6. The summed E-state index contributed by atoms with van der Waals surface area (Å²) in [5.74, 6) is 0.726. The Labute approximate surface area is 234 Å². The average Bonchev–Trinajstić information content (AvgIpc) is 3.40. The van der Waals surface area contributed by atoms with Crippen molar-refractivity contribution in [2.45, 2.75) is 50.0 Å². The maximum atomic E-state index is 13.4. The molecule has 212 valence electrons. The monoisotopic (exact) mass is 586 g/mol. The van der Waals surface area contributed by atoms with Crippen LogP contribution in [0.5, 0.6) is 0 Å². The lowest BCUT2D eigenvalue weighted by molar-refractivity contribution is -0.121. The summed E-state index contributed by atoms with van der Waals surface area (Å²) in [6.45, 7) is 0.542. The Morgan fingerprint density at radius 3 is 2.80 bits per heavy atom. The zero-order valence-corrected chi connectivity index (χ0v) is 23.3. The smallest absolute Gasteiger partial charge is 0.332 e. The van der Waals surface area contributed by atoms with E-state index in [0.717, 1.165) is 15.3 Å². The molecule has 1 unspecified atom stereocenters. The number of benzene rings is 1. The number of rotatable bonds is 10. The molecule has 0 radical (unpaired) electrons. The molecule has 15 heteroatoms. The Bertz CT molecular complexity index is 1630. The molecule has 13 nitrogen and oxygen atoms in total. The summed E-state index contributed by atoms with van der Waals surface area (Å²) in [5, 5.41) is 9.53. The van der Waals surface area contributed by atoms with Gasteiger partial charge in [0.2, 0.25) is 5.91 Å². The molecule has 1 aromatic heterocycles. The van der Waals surface area contributed by atoms with Crippen LogP contribution in [-0.4, -0.2) is 60.0 Å². The van der Waals surface area contributed by atoms with Crippen LogP contribution in [0.1, 0.15) is 25.7 Å². The van der Waals surface area contributed by atoms with Gasteiger partial charge in [-0.1, -0.05) is 30.3 Å². The van der Waals surface area contributed by atoms with Crippen molar-refractivity contribution in [2.24, 2.45) is 15.7 Å². The number of fused-ring (bicyclic) bond motifs is 2. The average molecular weight is 587 g/mol. The van der Waals surface area contributed by atoms with Crippen LogP contribution in [0.15, 0.2) is 65.7 Å². The zero-order valence-electron chi connectivity index (χ0n) is 21.6. The summed E-state index contributed by atoms with van der Waals surface area (Å²) in [6, 6.07) is 8.53. The number of aliphatic imine (C=N–C) groups is 2. The number of nitrogens with zero attached hydrogens (tertiary/aromatic N) is 4. The van der Waals surface area contributed by atoms with E-state index >= 15 is 0 Å². The quantitative estimate of drug-likeness (QED) is 0.219. The molecule has 0 fully saturated rings. The third-order valence-corrected chi connectivity index (χ3v) is 9.59. The van der Waals surface area contributed by atoms with E-state index in [-0.39, 0.29) is 48.0 Å². The summed E-state index contributed by atoms with van der Waals surface area (Å²) in [7, 11) is -3.78. The van der Waals surface area contributed by atoms with Crippen molar-refractivity contribution in [1.82, 2.24) is 25.1 Å². The molecule has 4 heterocycles. The van der Waals surface area contributed by atoms with E-state index in [9.17, 15) is 22.8 Å². The van der Waals surface area contributed by atoms with Gasteiger partial charge in [0.1, 0.15) is 0 Å². The second kappa shape index (κ2) is 11.7. The Morgan fingerprint density at radius 1 is 1.20 bits per heavy atom. The van der Waals surface area contributed by atoms with E-state index in [1.807, 2.05) is 0 Å². The van der Waals surface area contributed by atoms with Crippen molar-refractivity contribution in [3.63, 3.8) is 0 Å². The van der Waals surface area contributed by atoms with E-state index in [2.05, 4.69) is 25.9 Å². The van der Waals surface area contributed by atoms with Crippen molar-refractivity contribution >= 4 is 39.8 Å². The second-order valence-electron chi connectivity index (χ2n) is 9.44. The van der Waals surface area contributed by atoms with Crippen molar-refractivity contribution in [2.75, 3.05) is 18.1 Å². The Balaban J connectivity index is 1.17. The van der Waals surface area contributed by atoms with E-state index in [1.54, 1.807) is 36.7 Å². The maximum Gasteiger partial charge on any atom is 0.332 e. The SMILES string of the molecule is NC1=NC2N=CNC2=C(SCCCC(=O)NCCCn2c(=O)c(-c3ccccc3)c3n(c2=O)CCCS3(=O)=O)N1. The van der Waals surface area contributed by atoms with Gasteiger partial charge < -0.3 is 21.7 Å². The molecule has 5 N–H and O–H groups in total. The first-order chi connectivity index (χ1) is 19.3. The molecule has 1 atom stereocenters. The largest absolute Gasteiger partial charge is 0.370 e. The van der Waals surface area contributed by atoms with Gasteiger partial charge in [-0.3, -0.25) is 18.7 Å². The summed E-state index contributed by atoms with van der Waals surface area (Å²) < 4.78 is 28.1. The number of carbonyl (C=O) groups is 1. The molecule has 3 aliphatic rings. The molecule has 0 aliphatic carbocycles. The topological polar surface area (TPSA) is 182 Å². The molecule has 1 aromatic carbocycles. The van der Waals surface area contributed by atoms with Crippen LogP contribution < -0.4 is 32.9 Å². The van der Waals surface area contributed by atoms with Crippen LogP contribution in [0, 0.1) is 0 Å². The van der Waals surface area contributed by atoms with Gasteiger partial charge in [0.25, 0.3) is 5.56 Å². The molecule has 0 spiro atoms. The first-order valence-corrected chi connectivity index (χ1v) is 15.6. The fraction of sp³-hybridized carbons (Fsp3) is 0.400. The van der Waals surface area contributed by atoms with E-state index in [1.165, 1.54) is 16.3 Å². The Hall–Kier alpha value is -3.85. The fourth-order valence-corrected chi connectivity index (χ4v) is 7.50. The van der Waals surface area contributed by atoms with Crippen LogP contribution in [0.25, 0.3) is 11.1 Å². The van der Waals surface area contributed by atoms with E-state index < -0.39 is 21.1 Å². The number of guanidine groups is 1. The van der Waals surface area contributed by atoms with Gasteiger partial charge in [-0.15, -0.1) is 11.8 Å². The number of sulfone groups is 1. The zero-order chi connectivity index (χ0) is 28.3. The van der Waals surface area contributed by atoms with Gasteiger partial charge in [-0.25, -0.2) is 23.2 Å².